The van der Waals surface area contributed by atoms with Crippen molar-refractivity contribution in [3.8, 4) is 5.75 Å². The summed E-state index contributed by atoms with van der Waals surface area (Å²) in [5, 5.41) is 22.8. The van der Waals surface area contributed by atoms with Crippen molar-refractivity contribution in [2.75, 3.05) is 32.8 Å². The van der Waals surface area contributed by atoms with E-state index < -0.39 is 22.7 Å². The molecule has 0 aliphatic carbocycles. The monoisotopic (exact) mass is 509 g/mol. The van der Waals surface area contributed by atoms with Gasteiger partial charge in [-0.1, -0.05) is 39.8 Å². The number of ketones is 1. The van der Waals surface area contributed by atoms with E-state index in [1.807, 2.05) is 34.6 Å². The van der Waals surface area contributed by atoms with Crippen molar-refractivity contribution < 1.29 is 24.4 Å². The number of amides is 1. The Labute approximate surface area is 217 Å². The number of carbonyl (C=O) groups is 2. The predicted octanol–water partition coefficient (Wildman–Crippen LogP) is 4.70. The van der Waals surface area contributed by atoms with Gasteiger partial charge in [0.05, 0.1) is 23.1 Å². The molecule has 3 rings (SSSR count). The first-order valence-corrected chi connectivity index (χ1v) is 12.6. The molecule has 1 atom stereocenters. The molecule has 2 aromatic rings. The largest absolute Gasteiger partial charge is 0.507 e. The van der Waals surface area contributed by atoms with Crippen LogP contribution in [0.25, 0.3) is 5.76 Å². The molecule has 0 spiro atoms. The first-order valence-electron chi connectivity index (χ1n) is 12.6. The van der Waals surface area contributed by atoms with Gasteiger partial charge in [-0.05, 0) is 55.3 Å². The summed E-state index contributed by atoms with van der Waals surface area (Å²) in [4.78, 5) is 40.9. The molecule has 1 aliphatic heterocycles. The third-order valence-electron chi connectivity index (χ3n) is 6.51. The van der Waals surface area contributed by atoms with E-state index in [2.05, 4.69) is 4.90 Å². The van der Waals surface area contributed by atoms with Crippen LogP contribution in [-0.4, -0.2) is 64.3 Å². The number of likely N-dealkylation sites (tertiary alicyclic amines) is 1. The molecule has 1 heterocycles. The quantitative estimate of drug-likeness (QED) is 0.154. The van der Waals surface area contributed by atoms with E-state index in [9.17, 15) is 24.8 Å². The lowest BCUT2D eigenvalue weighted by Crippen LogP contribution is -2.38. The fourth-order valence-corrected chi connectivity index (χ4v) is 4.43. The van der Waals surface area contributed by atoms with E-state index in [0.29, 0.717) is 35.9 Å². The number of aryl methyl sites for hydroxylation is 1. The van der Waals surface area contributed by atoms with Crippen LogP contribution in [0.2, 0.25) is 0 Å². The highest BCUT2D eigenvalue weighted by Gasteiger charge is 2.46. The minimum Gasteiger partial charge on any atom is -0.507 e. The first-order chi connectivity index (χ1) is 17.6. The highest BCUT2D eigenvalue weighted by atomic mass is 16.6. The normalized spacial score (nSPS) is 17.2. The number of nitrogens with zero attached hydrogens (tertiary/aromatic N) is 3. The van der Waals surface area contributed by atoms with Gasteiger partial charge in [0.1, 0.15) is 11.5 Å². The lowest BCUT2D eigenvalue weighted by molar-refractivity contribution is -0.384. The topological polar surface area (TPSA) is 113 Å². The standard InChI is InChI=1S/C28H35N3O6/c1-6-29(7-2)13-14-30-25(20-9-8-10-22(16-20)31(35)36)24(27(33)28(30)34)26(32)21-11-12-23(19(5)15-21)37-17-18(3)4/h8-12,15-16,18,25,32H,6-7,13-14,17H2,1-5H3/t25-/m0/s1. The number of hydrogen-bond donors (Lipinski definition) is 1. The number of non-ortho nitro benzene ring substituents is 1. The van der Waals surface area contributed by atoms with Gasteiger partial charge in [0.15, 0.2) is 0 Å². The van der Waals surface area contributed by atoms with Gasteiger partial charge < -0.3 is 19.6 Å². The van der Waals surface area contributed by atoms with E-state index in [-0.39, 0.29) is 23.6 Å². The molecular weight excluding hydrogens is 474 g/mol. The van der Waals surface area contributed by atoms with Gasteiger partial charge in [-0.15, -0.1) is 0 Å². The van der Waals surface area contributed by atoms with Crippen molar-refractivity contribution in [2.45, 2.75) is 40.7 Å². The molecular formula is C28H35N3O6. The Kier molecular flexibility index (Phi) is 9.04. The zero-order chi connectivity index (χ0) is 27.3. The summed E-state index contributed by atoms with van der Waals surface area (Å²) in [5.41, 5.74) is 1.29. The average molecular weight is 510 g/mol. The minimum absolute atomic E-state index is 0.0831. The maximum absolute atomic E-state index is 13.3. The maximum Gasteiger partial charge on any atom is 0.295 e. The number of carbonyl (C=O) groups excluding carboxylic acids is 2. The number of aliphatic hydroxyl groups is 1. The molecule has 9 heteroatoms. The van der Waals surface area contributed by atoms with Crippen LogP contribution in [-0.2, 0) is 9.59 Å². The van der Waals surface area contributed by atoms with Crippen LogP contribution in [0.1, 0.15) is 50.4 Å². The SMILES string of the molecule is CCN(CC)CCN1C(=O)C(=O)C(=C(O)c2ccc(OCC(C)C)c(C)c2)[C@@H]1c1cccc([N+](=O)[O-])c1. The van der Waals surface area contributed by atoms with E-state index in [1.54, 1.807) is 24.3 Å². The molecule has 2 aromatic carbocycles. The maximum atomic E-state index is 13.3. The molecule has 0 saturated carbocycles. The lowest BCUT2D eigenvalue weighted by atomic mass is 9.94. The van der Waals surface area contributed by atoms with E-state index >= 15 is 0 Å². The smallest absolute Gasteiger partial charge is 0.295 e. The van der Waals surface area contributed by atoms with Crippen molar-refractivity contribution in [1.29, 1.82) is 0 Å². The Bertz CT molecular complexity index is 1200. The van der Waals surface area contributed by atoms with Crippen molar-refractivity contribution in [1.82, 2.24) is 9.80 Å². The average Bonchev–Trinajstić information content (AvgIpc) is 3.13. The van der Waals surface area contributed by atoms with Crippen molar-refractivity contribution in [2.24, 2.45) is 5.92 Å². The van der Waals surface area contributed by atoms with Gasteiger partial charge in [-0.3, -0.25) is 19.7 Å². The Balaban J connectivity index is 2.10. The summed E-state index contributed by atoms with van der Waals surface area (Å²) in [5.74, 6) is -0.862. The van der Waals surface area contributed by atoms with Crippen molar-refractivity contribution in [3.63, 3.8) is 0 Å². The number of aliphatic hydroxyl groups excluding tert-OH is 1. The number of nitro benzene ring substituents is 1. The zero-order valence-electron chi connectivity index (χ0n) is 22.1. The first kappa shape index (κ1) is 27.9. The van der Waals surface area contributed by atoms with Crippen LogP contribution in [0.3, 0.4) is 0 Å². The number of likely N-dealkylation sites (N-methyl/N-ethyl adjacent to an activating group) is 1. The molecule has 1 saturated heterocycles. The molecule has 1 fully saturated rings. The molecule has 0 aromatic heterocycles. The third-order valence-corrected chi connectivity index (χ3v) is 6.51. The van der Waals surface area contributed by atoms with E-state index in [1.165, 1.54) is 23.1 Å². The van der Waals surface area contributed by atoms with Crippen LogP contribution in [0.4, 0.5) is 5.69 Å². The summed E-state index contributed by atoms with van der Waals surface area (Å²) >= 11 is 0. The number of rotatable bonds is 11. The molecule has 1 aliphatic rings. The highest BCUT2D eigenvalue weighted by molar-refractivity contribution is 6.46. The molecule has 37 heavy (non-hydrogen) atoms. The van der Waals surface area contributed by atoms with Gasteiger partial charge in [-0.2, -0.15) is 0 Å². The summed E-state index contributed by atoms with van der Waals surface area (Å²) in [6.45, 7) is 12.8. The van der Waals surface area contributed by atoms with Crippen LogP contribution in [0, 0.1) is 23.0 Å². The molecule has 1 N–H and O–H groups in total. The second kappa shape index (κ2) is 12.0. The van der Waals surface area contributed by atoms with Crippen LogP contribution in [0.15, 0.2) is 48.0 Å². The second-order valence-electron chi connectivity index (χ2n) is 9.56. The fraction of sp³-hybridized carbons (Fsp3) is 0.429. The van der Waals surface area contributed by atoms with Crippen LogP contribution < -0.4 is 4.74 Å². The number of nitro groups is 1. The second-order valence-corrected chi connectivity index (χ2v) is 9.56. The van der Waals surface area contributed by atoms with Crippen molar-refractivity contribution >= 4 is 23.1 Å². The predicted molar refractivity (Wildman–Crippen MR) is 141 cm³/mol. The molecule has 1 amide bonds. The molecule has 9 nitrogen and oxygen atoms in total. The Hall–Kier alpha value is -3.72. The van der Waals surface area contributed by atoms with Crippen LogP contribution in [0.5, 0.6) is 5.75 Å². The van der Waals surface area contributed by atoms with E-state index in [0.717, 1.165) is 18.7 Å². The van der Waals surface area contributed by atoms with Gasteiger partial charge in [0.25, 0.3) is 17.4 Å². The fourth-order valence-electron chi connectivity index (χ4n) is 4.43. The number of benzene rings is 2. The van der Waals surface area contributed by atoms with Gasteiger partial charge >= 0.3 is 0 Å². The Morgan fingerprint density at radius 2 is 1.86 bits per heavy atom. The van der Waals surface area contributed by atoms with Gasteiger partial charge in [-0.25, -0.2) is 0 Å². The van der Waals surface area contributed by atoms with Crippen molar-refractivity contribution in [3.05, 3.63) is 74.8 Å². The van der Waals surface area contributed by atoms with Gasteiger partial charge in [0, 0.05) is 30.8 Å². The third kappa shape index (κ3) is 6.17. The van der Waals surface area contributed by atoms with Gasteiger partial charge in [0.2, 0.25) is 0 Å². The summed E-state index contributed by atoms with van der Waals surface area (Å²) in [7, 11) is 0. The summed E-state index contributed by atoms with van der Waals surface area (Å²) in [6.07, 6.45) is 0. The number of ether oxygens (including phenoxy) is 1. The summed E-state index contributed by atoms with van der Waals surface area (Å²) in [6, 6.07) is 9.98. The Morgan fingerprint density at radius 3 is 2.46 bits per heavy atom. The molecule has 198 valence electrons. The minimum atomic E-state index is -0.951. The lowest BCUT2D eigenvalue weighted by Gasteiger charge is -2.28. The zero-order valence-corrected chi connectivity index (χ0v) is 22.1. The van der Waals surface area contributed by atoms with E-state index in [4.69, 9.17) is 4.74 Å². The molecule has 0 unspecified atom stereocenters. The highest BCUT2D eigenvalue weighted by Crippen LogP contribution is 2.40. The number of hydrogen-bond acceptors (Lipinski definition) is 7. The summed E-state index contributed by atoms with van der Waals surface area (Å²) < 4.78 is 5.82. The Morgan fingerprint density at radius 1 is 1.16 bits per heavy atom. The molecule has 0 radical (unpaired) electrons. The number of Topliss-reactive ketones (excluding diaryl/α,β-unsaturated/α-hetero) is 1. The van der Waals surface area contributed by atoms with Crippen LogP contribution >= 0.6 is 0 Å². The molecule has 0 bridgehead atoms.